The Hall–Kier alpha value is -6.59. The summed E-state index contributed by atoms with van der Waals surface area (Å²) < 4.78 is 39.0. The molecule has 5 heteroatoms. The standard InChI is InChI=1S/C57H52F2N2O/c1-7-8-20-42(58)29-30-57(41-31-37(2)32-43(59)34-41)48-23-15-11-14-21-45(48)52-49(57)35-50(53-46-22-16-17-24-51(46)62-54(52)53)61(44-27-25-40(26-28-44)56(4,5)6)55-47(33-38(3)36-60-55)39-18-12-9-10-13-19-39/h7-10,12,14-30,32-37H,11,13,31H2,1-6H3/b8-7-,30-29+,42-20+/t37-,57?/m0/s1. The maximum atomic E-state index is 16.0. The average molecular weight is 819 g/mol. The van der Waals surface area contributed by atoms with Gasteiger partial charge in [0.2, 0.25) is 0 Å². The lowest BCUT2D eigenvalue weighted by Gasteiger charge is -2.36. The van der Waals surface area contributed by atoms with Gasteiger partial charge in [0, 0.05) is 28.4 Å². The van der Waals surface area contributed by atoms with Crippen LogP contribution in [-0.4, -0.2) is 4.98 Å². The first-order valence-electron chi connectivity index (χ1n) is 21.7. The van der Waals surface area contributed by atoms with Crippen LogP contribution in [0.25, 0.3) is 33.1 Å². The molecular formula is C57H52F2N2O. The van der Waals surface area contributed by atoms with Gasteiger partial charge >= 0.3 is 0 Å². The lowest BCUT2D eigenvalue weighted by molar-refractivity contribution is 0.568. The van der Waals surface area contributed by atoms with E-state index < -0.39 is 11.2 Å². The van der Waals surface area contributed by atoms with Crippen LogP contribution in [0.4, 0.5) is 26.0 Å². The zero-order valence-corrected chi connectivity index (χ0v) is 36.3. The van der Waals surface area contributed by atoms with Crippen molar-refractivity contribution in [3.05, 3.63) is 215 Å². The fourth-order valence-electron chi connectivity index (χ4n) is 9.50. The van der Waals surface area contributed by atoms with Gasteiger partial charge in [-0.2, -0.15) is 0 Å². The van der Waals surface area contributed by atoms with Crippen LogP contribution in [0.3, 0.4) is 0 Å². The third-order valence-corrected chi connectivity index (χ3v) is 12.4. The average Bonchev–Trinajstić information content (AvgIpc) is 3.45. The minimum Gasteiger partial charge on any atom is -0.455 e. The molecule has 2 atom stereocenters. The second-order valence-electron chi connectivity index (χ2n) is 17.8. The predicted molar refractivity (Wildman–Crippen MR) is 256 cm³/mol. The molecule has 0 bridgehead atoms. The molecule has 0 saturated heterocycles. The number of hydrogen-bond donors (Lipinski definition) is 0. The Morgan fingerprint density at radius 3 is 2.56 bits per heavy atom. The second-order valence-corrected chi connectivity index (χ2v) is 17.8. The van der Waals surface area contributed by atoms with Crippen molar-refractivity contribution in [1.29, 1.82) is 0 Å². The summed E-state index contributed by atoms with van der Waals surface area (Å²) >= 11 is 0. The molecule has 310 valence electrons. The highest BCUT2D eigenvalue weighted by molar-refractivity contribution is 6.18. The van der Waals surface area contributed by atoms with E-state index in [1.54, 1.807) is 30.4 Å². The molecule has 1 unspecified atom stereocenters. The fourth-order valence-corrected chi connectivity index (χ4v) is 9.50. The van der Waals surface area contributed by atoms with E-state index in [1.165, 1.54) is 11.6 Å². The third-order valence-electron chi connectivity index (χ3n) is 12.4. The van der Waals surface area contributed by atoms with Crippen LogP contribution < -0.4 is 4.90 Å². The van der Waals surface area contributed by atoms with Crippen molar-refractivity contribution >= 4 is 50.3 Å². The first kappa shape index (κ1) is 40.8. The zero-order valence-electron chi connectivity index (χ0n) is 36.3. The molecule has 3 aromatic carbocycles. The molecule has 0 fully saturated rings. The molecule has 2 aromatic heterocycles. The van der Waals surface area contributed by atoms with Gasteiger partial charge < -0.3 is 4.42 Å². The van der Waals surface area contributed by atoms with Crippen molar-refractivity contribution in [2.24, 2.45) is 5.92 Å². The minimum absolute atomic E-state index is 0.0666. The van der Waals surface area contributed by atoms with Crippen LogP contribution in [0, 0.1) is 12.8 Å². The van der Waals surface area contributed by atoms with Crippen molar-refractivity contribution in [3.8, 4) is 0 Å². The van der Waals surface area contributed by atoms with Gasteiger partial charge in [-0.3, -0.25) is 4.90 Å². The highest BCUT2D eigenvalue weighted by Crippen LogP contribution is 2.60. The summed E-state index contributed by atoms with van der Waals surface area (Å²) in [6.45, 7) is 12.7. The van der Waals surface area contributed by atoms with E-state index in [-0.39, 0.29) is 17.2 Å². The van der Waals surface area contributed by atoms with Crippen LogP contribution in [0.5, 0.6) is 0 Å². The zero-order chi connectivity index (χ0) is 43.2. The fraction of sp³-hybridized carbons (Fsp3) is 0.211. The number of rotatable bonds is 8. The van der Waals surface area contributed by atoms with Crippen LogP contribution >= 0.6 is 0 Å². The largest absolute Gasteiger partial charge is 0.455 e. The van der Waals surface area contributed by atoms with Gasteiger partial charge in [-0.15, -0.1) is 0 Å². The van der Waals surface area contributed by atoms with Crippen LogP contribution in [0.1, 0.15) is 81.7 Å². The molecule has 4 aliphatic carbocycles. The van der Waals surface area contributed by atoms with E-state index in [2.05, 4.69) is 136 Å². The summed E-state index contributed by atoms with van der Waals surface area (Å²) in [6.07, 6.45) is 35.2. The Balaban J connectivity index is 1.45. The number of anilines is 3. The number of nitrogens with zero attached hydrogens (tertiary/aromatic N) is 2. The number of aryl methyl sites for hydroxylation is 1. The highest BCUT2D eigenvalue weighted by atomic mass is 19.1. The van der Waals surface area contributed by atoms with E-state index in [0.717, 1.165) is 96.5 Å². The Kier molecular flexibility index (Phi) is 10.8. The van der Waals surface area contributed by atoms with Crippen LogP contribution in [-0.2, 0) is 10.8 Å². The van der Waals surface area contributed by atoms with Gasteiger partial charge in [-0.05, 0) is 138 Å². The summed E-state index contributed by atoms with van der Waals surface area (Å²) in [5.41, 5.74) is 11.0. The van der Waals surface area contributed by atoms with Crippen molar-refractivity contribution < 1.29 is 13.2 Å². The lowest BCUT2D eigenvalue weighted by atomic mass is 9.67. The number of benzene rings is 3. The van der Waals surface area contributed by atoms with E-state index in [0.29, 0.717) is 6.42 Å². The predicted octanol–water partition coefficient (Wildman–Crippen LogP) is 16.3. The maximum absolute atomic E-state index is 16.0. The van der Waals surface area contributed by atoms with Crippen LogP contribution in [0.15, 0.2) is 191 Å². The molecule has 4 aliphatic rings. The number of para-hydroxylation sites is 1. The molecule has 0 radical (unpaired) electrons. The molecular weight excluding hydrogens is 767 g/mol. The van der Waals surface area contributed by atoms with Gasteiger partial charge in [0.05, 0.1) is 16.5 Å². The Morgan fingerprint density at radius 2 is 1.77 bits per heavy atom. The molecule has 3 nitrogen and oxygen atoms in total. The van der Waals surface area contributed by atoms with E-state index >= 15 is 8.78 Å². The topological polar surface area (TPSA) is 29.3 Å². The molecule has 0 N–H and O–H groups in total. The molecule has 0 aliphatic heterocycles. The summed E-state index contributed by atoms with van der Waals surface area (Å²) in [4.78, 5) is 7.58. The summed E-state index contributed by atoms with van der Waals surface area (Å²) in [7, 11) is 0. The monoisotopic (exact) mass is 818 g/mol. The van der Waals surface area contributed by atoms with E-state index in [1.807, 2.05) is 38.3 Å². The smallest absolute Gasteiger partial charge is 0.145 e. The molecule has 9 rings (SSSR count). The first-order valence-corrected chi connectivity index (χ1v) is 21.7. The van der Waals surface area contributed by atoms with Gasteiger partial charge in [0.1, 0.15) is 28.6 Å². The van der Waals surface area contributed by atoms with Gasteiger partial charge in [-0.25, -0.2) is 13.8 Å². The van der Waals surface area contributed by atoms with Crippen LogP contribution in [0.2, 0.25) is 0 Å². The van der Waals surface area contributed by atoms with E-state index in [4.69, 9.17) is 9.40 Å². The number of furan rings is 1. The molecule has 0 amide bonds. The van der Waals surface area contributed by atoms with Crippen molar-refractivity contribution in [3.63, 3.8) is 0 Å². The minimum atomic E-state index is -1.07. The molecule has 62 heavy (non-hydrogen) atoms. The normalized spacial score (nSPS) is 20.2. The van der Waals surface area contributed by atoms with Crippen molar-refractivity contribution in [2.45, 2.75) is 71.6 Å². The number of fused-ring (bicyclic) bond motifs is 6. The van der Waals surface area contributed by atoms with Crippen molar-refractivity contribution in [1.82, 2.24) is 4.98 Å². The molecule has 0 spiro atoms. The maximum Gasteiger partial charge on any atom is 0.145 e. The summed E-state index contributed by atoms with van der Waals surface area (Å²) in [6, 6.07) is 21.5. The van der Waals surface area contributed by atoms with Gasteiger partial charge in [-0.1, -0.05) is 131 Å². The number of pyridine rings is 1. The SMILES string of the molecule is C\C=C/C=C(F)\C=C\C1(C2=CC(F)=C[C@@H](C)C2)C2=C(C=CCC=C2)c2c1cc(N(c1ccc(C(C)(C)C)cc1)c1ncc(C)cc1C1=CCC=CC=C1)c1c2oc2ccccc21. The Labute approximate surface area is 364 Å². The van der Waals surface area contributed by atoms with Crippen molar-refractivity contribution in [2.75, 3.05) is 4.90 Å². The highest BCUT2D eigenvalue weighted by Gasteiger charge is 2.48. The summed E-state index contributed by atoms with van der Waals surface area (Å²) in [5, 5.41) is 1.90. The summed E-state index contributed by atoms with van der Waals surface area (Å²) in [5.74, 6) is -0.00994. The molecule has 5 aromatic rings. The third kappa shape index (κ3) is 7.23. The van der Waals surface area contributed by atoms with Gasteiger partial charge in [0.15, 0.2) is 0 Å². The second kappa shape index (κ2) is 16.4. The lowest BCUT2D eigenvalue weighted by Crippen LogP contribution is -2.29. The Morgan fingerprint density at radius 1 is 0.968 bits per heavy atom. The Bertz CT molecular complexity index is 2960. The molecule has 2 heterocycles. The quantitative estimate of drug-likeness (QED) is 0.146. The number of halogens is 2. The number of allylic oxidation sites excluding steroid dienone is 22. The molecule has 0 saturated carbocycles. The van der Waals surface area contributed by atoms with Gasteiger partial charge in [0.25, 0.3) is 0 Å². The van der Waals surface area contributed by atoms with E-state index in [9.17, 15) is 0 Å². The number of hydrogen-bond acceptors (Lipinski definition) is 3. The first-order chi connectivity index (χ1) is 30.0. The number of aromatic nitrogens is 1.